The molecule has 254 valence electrons. The van der Waals surface area contributed by atoms with Gasteiger partial charge in [-0.05, 0) is 11.8 Å². The monoisotopic (exact) mass is 736 g/mol. The van der Waals surface area contributed by atoms with Crippen molar-refractivity contribution in [3.05, 3.63) is 29.3 Å². The van der Waals surface area contributed by atoms with E-state index in [0.29, 0.717) is 0 Å². The molecule has 0 radical (unpaired) electrons. The summed E-state index contributed by atoms with van der Waals surface area (Å²) >= 11 is 5.63. The largest absolute Gasteiger partial charge is 0.404 e. The van der Waals surface area contributed by atoms with E-state index in [1.807, 2.05) is 0 Å². The lowest BCUT2D eigenvalue weighted by atomic mass is 10.1. The van der Waals surface area contributed by atoms with Gasteiger partial charge in [0.15, 0.2) is 41.3 Å². The first-order valence-corrected chi connectivity index (χ1v) is 19.3. The molecular weight excluding hydrogens is 709 g/mol. The van der Waals surface area contributed by atoms with Crippen LogP contribution in [-0.2, 0) is 44.2 Å². The Hall–Kier alpha value is -2.70. The maximum atomic E-state index is 16.2. The van der Waals surface area contributed by atoms with E-state index in [2.05, 4.69) is 35.0 Å². The number of alkyl halides is 1. The van der Waals surface area contributed by atoms with Gasteiger partial charge in [0.25, 0.3) is 12.2 Å². The number of nitrogen functional groups attached to an aromatic ring is 2. The standard InChI is InChI=1S/C21H27FN12O9P2S2/c1-38-13-8-3-39-44(36,46)32-10-7(41-19(9(10)22)33-5-28-11-15(23)26-4-27-16(11)33)2-40-45(37,47-25)43-14(13)20(42-8)34-6-29-12-17(34)30-21(24)31-18(12)35/h4-10,13-14,19-20H,2-3,25H2,1H3,(H2,23,26,27)(H2,32,36,46)(H3,24,30,31,35)/t7?,8?,9?,10?,13?,14?,19?,20?,44?,45-/m0/s1. The van der Waals surface area contributed by atoms with Crippen molar-refractivity contribution in [1.82, 2.24) is 44.1 Å². The van der Waals surface area contributed by atoms with Gasteiger partial charge in [0, 0.05) is 18.7 Å². The van der Waals surface area contributed by atoms with Crippen molar-refractivity contribution in [2.24, 2.45) is 5.14 Å². The fourth-order valence-electron chi connectivity index (χ4n) is 5.69. The summed E-state index contributed by atoms with van der Waals surface area (Å²) in [6.45, 7) is -9.27. The van der Waals surface area contributed by atoms with Crippen LogP contribution in [0.3, 0.4) is 0 Å². The molecule has 4 aromatic rings. The minimum Gasteiger partial charge on any atom is -0.382 e. The van der Waals surface area contributed by atoms with Crippen LogP contribution < -0.4 is 27.3 Å². The van der Waals surface area contributed by atoms with E-state index >= 15 is 4.39 Å². The normalized spacial score (nSPS) is 36.6. The van der Waals surface area contributed by atoms with Crippen molar-refractivity contribution in [1.29, 1.82) is 0 Å². The molecule has 4 aromatic heterocycles. The number of aromatic amines is 1. The van der Waals surface area contributed by atoms with E-state index < -0.39 is 81.3 Å². The number of anilines is 2. The Bertz CT molecular complexity index is 1990. The molecule has 0 saturated carbocycles. The predicted molar refractivity (Wildman–Crippen MR) is 165 cm³/mol. The number of hydrogen-bond acceptors (Lipinski definition) is 18. The summed E-state index contributed by atoms with van der Waals surface area (Å²) in [6.07, 6.45) is -5.31. The molecule has 7 rings (SSSR count). The van der Waals surface area contributed by atoms with Crippen LogP contribution in [0.2, 0.25) is 0 Å². The third-order valence-electron chi connectivity index (χ3n) is 7.78. The number of rotatable bonds is 4. The second-order valence-electron chi connectivity index (χ2n) is 10.5. The molecule has 7 heterocycles. The van der Waals surface area contributed by atoms with Crippen molar-refractivity contribution in [2.45, 2.75) is 49.1 Å². The van der Waals surface area contributed by atoms with Gasteiger partial charge in [0.05, 0.1) is 31.9 Å². The Morgan fingerprint density at radius 1 is 1.09 bits per heavy atom. The highest BCUT2D eigenvalue weighted by atomic mass is 32.7. The van der Waals surface area contributed by atoms with Crippen molar-refractivity contribution < 1.29 is 41.6 Å². The highest BCUT2D eigenvalue weighted by molar-refractivity contribution is 8.54. The number of nitrogens with zero attached hydrogens (tertiary/aromatic N) is 7. The number of halogens is 1. The van der Waals surface area contributed by atoms with Gasteiger partial charge < -0.3 is 35.1 Å². The summed E-state index contributed by atoms with van der Waals surface area (Å²) in [7, 11) is 1.34. The number of methoxy groups -OCH3 is 1. The highest BCUT2D eigenvalue weighted by Gasteiger charge is 2.54. The third-order valence-corrected chi connectivity index (χ3v) is 12.1. The molecule has 9 unspecified atom stereocenters. The maximum Gasteiger partial charge on any atom is 0.404 e. The second kappa shape index (κ2) is 12.3. The Balaban J connectivity index is 1.24. The van der Waals surface area contributed by atoms with Crippen LogP contribution in [0.25, 0.3) is 22.3 Å². The van der Waals surface area contributed by atoms with Gasteiger partial charge in [0.1, 0.15) is 36.3 Å². The molecule has 3 fully saturated rings. The summed E-state index contributed by atoms with van der Waals surface area (Å²) < 4.78 is 68.2. The van der Waals surface area contributed by atoms with Crippen LogP contribution in [0, 0.1) is 0 Å². The molecule has 0 aliphatic carbocycles. The zero-order valence-electron chi connectivity index (χ0n) is 23.9. The lowest BCUT2D eigenvalue weighted by Gasteiger charge is -2.28. The third kappa shape index (κ3) is 5.86. The summed E-state index contributed by atoms with van der Waals surface area (Å²) in [5.74, 6) is -0.124. The summed E-state index contributed by atoms with van der Waals surface area (Å²) in [4.78, 5) is 46.4. The van der Waals surface area contributed by atoms with Gasteiger partial charge >= 0.3 is 6.80 Å². The lowest BCUT2D eigenvalue weighted by molar-refractivity contribution is -0.0508. The number of ether oxygens (including phenoxy) is 3. The summed E-state index contributed by atoms with van der Waals surface area (Å²) in [5, 5.41) is 8.49. The van der Waals surface area contributed by atoms with Gasteiger partial charge in [0.2, 0.25) is 5.95 Å². The van der Waals surface area contributed by atoms with Gasteiger partial charge in [-0.1, -0.05) is 0 Å². The molecule has 0 amide bonds. The fraction of sp³-hybridized carbons (Fsp3) is 0.524. The Morgan fingerprint density at radius 2 is 1.79 bits per heavy atom. The first-order valence-electron chi connectivity index (χ1n) is 13.6. The van der Waals surface area contributed by atoms with E-state index in [-0.39, 0.29) is 45.7 Å². The van der Waals surface area contributed by atoms with E-state index in [9.17, 15) is 14.3 Å². The van der Waals surface area contributed by atoms with Crippen LogP contribution in [0.4, 0.5) is 16.2 Å². The molecule has 21 nitrogen and oxygen atoms in total. The van der Waals surface area contributed by atoms with Gasteiger partial charge in [-0.25, -0.2) is 34.0 Å². The van der Waals surface area contributed by atoms with Gasteiger partial charge in [-0.3, -0.25) is 33.1 Å². The SMILES string of the molecule is COC1C2COP(O)(=S)NC3C(CO[P@](=O)(SN)OC1C(n1cnc4c(=O)[nH]c(N)nc41)O2)OC(n1cnc2c(N)ncnc21)C3F. The van der Waals surface area contributed by atoms with Gasteiger partial charge in [-0.15, -0.1) is 0 Å². The van der Waals surface area contributed by atoms with Crippen LogP contribution in [0.1, 0.15) is 12.5 Å². The Morgan fingerprint density at radius 3 is 2.53 bits per heavy atom. The molecule has 26 heteroatoms. The number of nitrogens with two attached hydrogens (primary N) is 3. The van der Waals surface area contributed by atoms with Crippen LogP contribution >= 0.6 is 25.0 Å². The van der Waals surface area contributed by atoms with E-state index in [0.717, 1.165) is 0 Å². The maximum absolute atomic E-state index is 16.2. The number of hydrogen-bond donors (Lipinski definition) is 6. The first kappa shape index (κ1) is 32.8. The number of imidazole rings is 2. The molecule has 3 aliphatic heterocycles. The van der Waals surface area contributed by atoms with Crippen LogP contribution in [0.15, 0.2) is 23.8 Å². The highest BCUT2D eigenvalue weighted by Crippen LogP contribution is 2.61. The smallest absolute Gasteiger partial charge is 0.382 e. The molecule has 3 saturated heterocycles. The first-order chi connectivity index (χ1) is 22.4. The fourth-order valence-corrected chi connectivity index (χ4v) is 9.18. The van der Waals surface area contributed by atoms with E-state index in [1.165, 1.54) is 35.2 Å². The van der Waals surface area contributed by atoms with Crippen LogP contribution in [-0.4, -0.2) is 101 Å². The number of aromatic nitrogens is 8. The quantitative estimate of drug-likeness (QED) is 0.115. The topological polar surface area (TPSA) is 290 Å². The Labute approximate surface area is 271 Å². The average Bonchev–Trinajstić information content (AvgIpc) is 3.79. The van der Waals surface area contributed by atoms with Crippen molar-refractivity contribution in [2.75, 3.05) is 31.8 Å². The molecule has 10 atom stereocenters. The average molecular weight is 737 g/mol. The predicted octanol–water partition coefficient (Wildman–Crippen LogP) is -0.406. The van der Waals surface area contributed by atoms with E-state index in [1.54, 1.807) is 0 Å². The second-order valence-corrected chi connectivity index (χ2v) is 17.1. The van der Waals surface area contributed by atoms with E-state index in [4.69, 9.17) is 56.2 Å². The summed E-state index contributed by atoms with van der Waals surface area (Å²) in [5.41, 5.74) is 11.4. The minimum absolute atomic E-state index is 0.0220. The van der Waals surface area contributed by atoms with Crippen molar-refractivity contribution >= 4 is 70.9 Å². The molecule has 9 N–H and O–H groups in total. The van der Waals surface area contributed by atoms with Crippen molar-refractivity contribution in [3.63, 3.8) is 0 Å². The zero-order chi connectivity index (χ0) is 33.2. The molecule has 3 aliphatic rings. The molecule has 0 aromatic carbocycles. The molecule has 2 bridgehead atoms. The summed E-state index contributed by atoms with van der Waals surface area (Å²) in [6, 6.07) is -1.35. The molecule has 0 spiro atoms. The van der Waals surface area contributed by atoms with Gasteiger partial charge in [-0.2, -0.15) is 4.98 Å². The van der Waals surface area contributed by atoms with Crippen molar-refractivity contribution in [3.8, 4) is 0 Å². The number of H-pyrrole nitrogens is 1. The van der Waals surface area contributed by atoms with Crippen LogP contribution in [0.5, 0.6) is 0 Å². The molecule has 47 heavy (non-hydrogen) atoms. The number of nitrogens with one attached hydrogen (secondary N) is 2. The molecular formula is C21H27FN12O9P2S2. The zero-order valence-corrected chi connectivity index (χ0v) is 27.4. The number of fused-ring (bicyclic) bond motifs is 5. The minimum atomic E-state index is -4.32. The lowest BCUT2D eigenvalue weighted by Crippen LogP contribution is -2.43. The Kier molecular flexibility index (Phi) is 8.61.